The number of phenolic OH excluding ortho intramolecular Hbond substituents is 1. The number of aromatic hydroxyl groups is 1. The van der Waals surface area contributed by atoms with Crippen LogP contribution in [0.4, 0.5) is 4.79 Å². The molecule has 0 spiro atoms. The van der Waals surface area contributed by atoms with Gasteiger partial charge in [-0.2, -0.15) is 0 Å². The number of imide groups is 1. The van der Waals surface area contributed by atoms with Gasteiger partial charge in [0.25, 0.3) is 5.91 Å². The molecule has 3 amide bonds. The van der Waals surface area contributed by atoms with Crippen LogP contribution in [0, 0.1) is 0 Å². The molecule has 172 valence electrons. The first-order valence-corrected chi connectivity index (χ1v) is 11.9. The second-order valence-corrected chi connectivity index (χ2v) is 10.3. The molecular formula is C25H27BrN4O3. The molecule has 0 aliphatic carbocycles. The van der Waals surface area contributed by atoms with Gasteiger partial charge in [-0.05, 0) is 75.4 Å². The third kappa shape index (κ3) is 3.43. The maximum atomic E-state index is 13.7. The molecule has 2 N–H and O–H groups in total. The lowest BCUT2D eigenvalue weighted by Gasteiger charge is -2.42. The second-order valence-electron chi connectivity index (χ2n) is 9.42. The zero-order valence-corrected chi connectivity index (χ0v) is 20.5. The zero-order valence-electron chi connectivity index (χ0n) is 18.9. The van der Waals surface area contributed by atoms with Gasteiger partial charge in [-0.3, -0.25) is 14.6 Å². The number of carbonyl (C=O) groups excluding carboxylic acids is 2. The first-order valence-electron chi connectivity index (χ1n) is 11.1. The molecule has 3 aromatic rings. The highest BCUT2D eigenvalue weighted by Crippen LogP contribution is 2.49. The van der Waals surface area contributed by atoms with Gasteiger partial charge >= 0.3 is 6.03 Å². The zero-order chi connectivity index (χ0) is 23.5. The molecule has 5 rings (SSSR count). The van der Waals surface area contributed by atoms with Crippen LogP contribution in [-0.4, -0.2) is 69.5 Å². The van der Waals surface area contributed by atoms with Crippen molar-refractivity contribution in [3.05, 3.63) is 63.8 Å². The molecule has 33 heavy (non-hydrogen) atoms. The number of carbonyl (C=O) groups is 2. The molecule has 0 radical (unpaired) electrons. The van der Waals surface area contributed by atoms with Gasteiger partial charge in [-0.1, -0.05) is 28.1 Å². The van der Waals surface area contributed by atoms with Gasteiger partial charge in [0.1, 0.15) is 17.3 Å². The fourth-order valence-corrected chi connectivity index (χ4v) is 5.63. The van der Waals surface area contributed by atoms with E-state index in [1.807, 2.05) is 44.1 Å². The number of halogens is 1. The minimum absolute atomic E-state index is 0.126. The number of nitrogens with one attached hydrogen (secondary N) is 1. The van der Waals surface area contributed by atoms with Crippen LogP contribution in [0.3, 0.4) is 0 Å². The fourth-order valence-electron chi connectivity index (χ4n) is 5.27. The van der Waals surface area contributed by atoms with Gasteiger partial charge in [0.05, 0.1) is 0 Å². The molecule has 3 heterocycles. The monoisotopic (exact) mass is 510 g/mol. The lowest BCUT2D eigenvalue weighted by molar-refractivity contribution is -0.133. The summed E-state index contributed by atoms with van der Waals surface area (Å²) >= 11 is 3.56. The quantitative estimate of drug-likeness (QED) is 0.502. The number of phenols is 1. The van der Waals surface area contributed by atoms with Gasteiger partial charge < -0.3 is 15.0 Å². The summed E-state index contributed by atoms with van der Waals surface area (Å²) in [5.41, 5.74) is 2.65. The van der Waals surface area contributed by atoms with Gasteiger partial charge in [-0.15, -0.1) is 0 Å². The Bertz CT molecular complexity index is 1270. The van der Waals surface area contributed by atoms with Crippen molar-refractivity contribution in [1.29, 1.82) is 0 Å². The highest BCUT2D eigenvalue weighted by atomic mass is 79.9. The summed E-state index contributed by atoms with van der Waals surface area (Å²) in [6, 6.07) is 12.2. The summed E-state index contributed by atoms with van der Waals surface area (Å²) in [5.74, 6) is -0.0348. The molecule has 0 saturated carbocycles. The Morgan fingerprint density at radius 2 is 2.00 bits per heavy atom. The average Bonchev–Trinajstić information content (AvgIpc) is 3.19. The SMILES string of the molecule is CN(C)CCCN1C(=O)N2C(c3cccc(O)c3)c3[nH]c4ccc(Br)cc4c3CC2(C)C1=O. The minimum Gasteiger partial charge on any atom is -0.508 e. The minimum atomic E-state index is -1.00. The van der Waals surface area contributed by atoms with Crippen molar-refractivity contribution in [2.45, 2.75) is 31.3 Å². The average molecular weight is 511 g/mol. The van der Waals surface area contributed by atoms with Gasteiger partial charge in [0.15, 0.2) is 0 Å². The predicted molar refractivity (Wildman–Crippen MR) is 130 cm³/mol. The van der Waals surface area contributed by atoms with Crippen LogP contribution in [0.1, 0.15) is 36.2 Å². The molecule has 8 heteroatoms. The number of aromatic nitrogens is 1. The Hall–Kier alpha value is -2.84. The van der Waals surface area contributed by atoms with Crippen LogP contribution < -0.4 is 0 Å². The van der Waals surface area contributed by atoms with Crippen LogP contribution in [0.15, 0.2) is 46.9 Å². The summed E-state index contributed by atoms with van der Waals surface area (Å²) in [4.78, 5) is 36.1. The Morgan fingerprint density at radius 1 is 1.21 bits per heavy atom. The predicted octanol–water partition coefficient (Wildman–Crippen LogP) is 4.26. The highest BCUT2D eigenvalue weighted by molar-refractivity contribution is 9.10. The number of amides is 3. The summed E-state index contributed by atoms with van der Waals surface area (Å²) in [5, 5.41) is 11.2. The molecule has 2 aliphatic rings. The first-order chi connectivity index (χ1) is 15.7. The van der Waals surface area contributed by atoms with Crippen LogP contribution >= 0.6 is 15.9 Å². The number of rotatable bonds is 5. The summed E-state index contributed by atoms with van der Waals surface area (Å²) in [7, 11) is 3.96. The van der Waals surface area contributed by atoms with Crippen LogP contribution in [0.5, 0.6) is 5.75 Å². The van der Waals surface area contributed by atoms with E-state index in [-0.39, 0.29) is 17.7 Å². The van der Waals surface area contributed by atoms with Crippen molar-refractivity contribution < 1.29 is 14.7 Å². The van der Waals surface area contributed by atoms with E-state index >= 15 is 0 Å². The Labute approximate surface area is 201 Å². The van der Waals surface area contributed by atoms with Crippen LogP contribution in [0.25, 0.3) is 10.9 Å². The Balaban J connectivity index is 1.67. The number of fused-ring (bicyclic) bond motifs is 4. The van der Waals surface area contributed by atoms with Crippen LogP contribution in [0.2, 0.25) is 0 Å². The molecule has 1 aromatic heterocycles. The van der Waals surface area contributed by atoms with E-state index in [4.69, 9.17) is 0 Å². The summed E-state index contributed by atoms with van der Waals surface area (Å²) in [6.07, 6.45) is 1.15. The number of benzene rings is 2. The van der Waals surface area contributed by atoms with Gasteiger partial charge in [-0.25, -0.2) is 4.79 Å². The van der Waals surface area contributed by atoms with Crippen molar-refractivity contribution in [1.82, 2.24) is 19.7 Å². The van der Waals surface area contributed by atoms with Crippen molar-refractivity contribution in [3.8, 4) is 5.75 Å². The molecular weight excluding hydrogens is 484 g/mol. The Morgan fingerprint density at radius 3 is 2.73 bits per heavy atom. The summed E-state index contributed by atoms with van der Waals surface area (Å²) in [6.45, 7) is 3.05. The Kier molecular flexibility index (Phi) is 5.25. The number of urea groups is 1. The number of hydrogen-bond donors (Lipinski definition) is 2. The van der Waals surface area contributed by atoms with E-state index in [2.05, 4.69) is 27.0 Å². The highest BCUT2D eigenvalue weighted by Gasteiger charge is 2.60. The molecule has 2 aliphatic heterocycles. The normalized spacial score (nSPS) is 22.4. The molecule has 1 fully saturated rings. The first kappa shape index (κ1) is 22.0. The molecule has 1 saturated heterocycles. The number of hydrogen-bond acceptors (Lipinski definition) is 4. The van der Waals surface area contributed by atoms with Crippen LogP contribution in [-0.2, 0) is 11.2 Å². The third-order valence-electron chi connectivity index (χ3n) is 6.80. The molecule has 2 atom stereocenters. The van der Waals surface area contributed by atoms with E-state index < -0.39 is 11.6 Å². The molecule has 0 bridgehead atoms. The third-order valence-corrected chi connectivity index (χ3v) is 7.29. The van der Waals surface area contributed by atoms with Crippen molar-refractivity contribution in [2.24, 2.45) is 0 Å². The largest absolute Gasteiger partial charge is 0.508 e. The fraction of sp³-hybridized carbons (Fsp3) is 0.360. The van der Waals surface area contributed by atoms with E-state index in [0.29, 0.717) is 19.4 Å². The lowest BCUT2D eigenvalue weighted by atomic mass is 9.81. The van der Waals surface area contributed by atoms with E-state index in [1.165, 1.54) is 4.90 Å². The van der Waals surface area contributed by atoms with Gasteiger partial charge in [0.2, 0.25) is 0 Å². The van der Waals surface area contributed by atoms with Gasteiger partial charge in [0, 0.05) is 34.0 Å². The van der Waals surface area contributed by atoms with E-state index in [1.54, 1.807) is 23.1 Å². The van der Waals surface area contributed by atoms with Crippen molar-refractivity contribution >= 4 is 38.8 Å². The number of aromatic amines is 1. The second kappa shape index (κ2) is 7.88. The maximum Gasteiger partial charge on any atom is 0.328 e. The van der Waals surface area contributed by atoms with Crippen molar-refractivity contribution in [2.75, 3.05) is 27.2 Å². The standard InChI is InChI=1S/C25H27BrN4O3/c1-25-14-19-18-13-16(26)8-9-20(18)27-21(19)22(15-6-4-7-17(31)12-15)30(25)24(33)29(23(25)32)11-5-10-28(2)3/h4,6-9,12-13,22,27,31H,5,10-11,14H2,1-3H3. The molecule has 2 unspecified atom stereocenters. The maximum absolute atomic E-state index is 13.7. The smallest absolute Gasteiger partial charge is 0.328 e. The van der Waals surface area contributed by atoms with E-state index in [0.717, 1.165) is 38.7 Å². The lowest BCUT2D eigenvalue weighted by Crippen LogP contribution is -2.53. The number of H-pyrrole nitrogens is 1. The topological polar surface area (TPSA) is 79.9 Å². The summed E-state index contributed by atoms with van der Waals surface area (Å²) < 4.78 is 0.956. The van der Waals surface area contributed by atoms with E-state index in [9.17, 15) is 14.7 Å². The molecule has 7 nitrogen and oxygen atoms in total. The van der Waals surface area contributed by atoms with Crippen molar-refractivity contribution in [3.63, 3.8) is 0 Å². The number of nitrogens with zero attached hydrogens (tertiary/aromatic N) is 3. The molecule has 2 aromatic carbocycles.